The van der Waals surface area contributed by atoms with Crippen LogP contribution in [0.15, 0.2) is 69.8 Å². The highest BCUT2D eigenvalue weighted by molar-refractivity contribution is 9.10. The van der Waals surface area contributed by atoms with E-state index in [4.69, 9.17) is 9.15 Å². The number of para-hydroxylation sites is 1. The van der Waals surface area contributed by atoms with E-state index in [0.29, 0.717) is 22.8 Å². The molecule has 0 saturated carbocycles. The summed E-state index contributed by atoms with van der Waals surface area (Å²) < 4.78 is 12.0. The van der Waals surface area contributed by atoms with Gasteiger partial charge in [-0.05, 0) is 47.9 Å². The average Bonchev–Trinajstić information content (AvgIpc) is 3.24. The molecule has 2 N–H and O–H groups in total. The summed E-state index contributed by atoms with van der Waals surface area (Å²) in [7, 11) is 0. The van der Waals surface area contributed by atoms with Gasteiger partial charge in [0.1, 0.15) is 11.5 Å². The van der Waals surface area contributed by atoms with Crippen LogP contribution in [-0.4, -0.2) is 18.4 Å². The van der Waals surface area contributed by atoms with Crippen LogP contribution >= 0.6 is 15.9 Å². The molecule has 0 spiro atoms. The Bertz CT molecular complexity index is 1060. The summed E-state index contributed by atoms with van der Waals surface area (Å²) in [5.74, 6) is 0.632. The van der Waals surface area contributed by atoms with Crippen molar-refractivity contribution in [3.8, 4) is 5.75 Å². The highest BCUT2D eigenvalue weighted by Crippen LogP contribution is 2.33. The monoisotopic (exact) mass is 484 g/mol. The van der Waals surface area contributed by atoms with Crippen LogP contribution in [0.25, 0.3) is 0 Å². The molecule has 2 aromatic carbocycles. The molecule has 2 amide bonds. The molecule has 0 fully saturated rings. The number of carbonyl (C=O) groups is 2. The second-order valence-corrected chi connectivity index (χ2v) is 8.95. The van der Waals surface area contributed by atoms with Crippen LogP contribution in [0.2, 0.25) is 0 Å². The van der Waals surface area contributed by atoms with Gasteiger partial charge in [-0.15, -0.1) is 0 Å². The van der Waals surface area contributed by atoms with Crippen LogP contribution in [0.3, 0.4) is 0 Å². The fourth-order valence-corrected chi connectivity index (χ4v) is 3.37. The van der Waals surface area contributed by atoms with Crippen LogP contribution in [-0.2, 0) is 16.8 Å². The summed E-state index contributed by atoms with van der Waals surface area (Å²) in [6.07, 6.45) is 1.55. The zero-order valence-electron chi connectivity index (χ0n) is 17.7. The Morgan fingerprint density at radius 2 is 1.84 bits per heavy atom. The number of hydrogen-bond acceptors (Lipinski definition) is 4. The SMILES string of the molecule is CC(C)(C)c1cc(Br)ccc1OCC(=O)Nc1ccccc1C(=O)NCc1ccco1. The maximum Gasteiger partial charge on any atom is 0.262 e. The number of carbonyl (C=O) groups excluding carboxylic acids is 2. The molecule has 31 heavy (non-hydrogen) atoms. The van der Waals surface area contributed by atoms with E-state index >= 15 is 0 Å². The number of hydrogen-bond donors (Lipinski definition) is 2. The number of ether oxygens (including phenoxy) is 1. The molecule has 0 aliphatic heterocycles. The number of rotatable bonds is 7. The van der Waals surface area contributed by atoms with Crippen molar-refractivity contribution in [1.82, 2.24) is 5.32 Å². The van der Waals surface area contributed by atoms with E-state index in [9.17, 15) is 9.59 Å². The first kappa shape index (κ1) is 22.6. The Labute approximate surface area is 190 Å². The quantitative estimate of drug-likeness (QED) is 0.477. The fourth-order valence-electron chi connectivity index (χ4n) is 3.01. The van der Waals surface area contributed by atoms with Gasteiger partial charge in [0.25, 0.3) is 11.8 Å². The van der Waals surface area contributed by atoms with E-state index in [1.54, 1.807) is 42.7 Å². The topological polar surface area (TPSA) is 80.6 Å². The van der Waals surface area contributed by atoms with Gasteiger partial charge in [-0.2, -0.15) is 0 Å². The van der Waals surface area contributed by atoms with Crippen molar-refractivity contribution in [2.75, 3.05) is 11.9 Å². The van der Waals surface area contributed by atoms with Gasteiger partial charge in [-0.25, -0.2) is 0 Å². The van der Waals surface area contributed by atoms with Crippen molar-refractivity contribution < 1.29 is 18.7 Å². The van der Waals surface area contributed by atoms with Gasteiger partial charge < -0.3 is 19.8 Å². The van der Waals surface area contributed by atoms with E-state index in [-0.39, 0.29) is 30.4 Å². The zero-order valence-corrected chi connectivity index (χ0v) is 19.3. The standard InChI is InChI=1S/C24H25BrN2O4/c1-24(2,3)19-13-16(25)10-11-21(19)31-15-22(28)27-20-9-5-4-8-18(20)23(29)26-14-17-7-6-12-30-17/h4-13H,14-15H2,1-3H3,(H,26,29)(H,27,28). The molecule has 7 heteroatoms. The van der Waals surface area contributed by atoms with Gasteiger partial charge in [0.2, 0.25) is 0 Å². The molecule has 3 aromatic rings. The third kappa shape index (κ3) is 6.21. The van der Waals surface area contributed by atoms with Gasteiger partial charge in [-0.1, -0.05) is 48.8 Å². The van der Waals surface area contributed by atoms with Crippen LogP contribution in [0.1, 0.15) is 42.5 Å². The molecule has 0 atom stereocenters. The van der Waals surface area contributed by atoms with Crippen molar-refractivity contribution >= 4 is 33.4 Å². The number of benzene rings is 2. The maximum absolute atomic E-state index is 12.6. The van der Waals surface area contributed by atoms with Gasteiger partial charge in [0.05, 0.1) is 24.1 Å². The van der Waals surface area contributed by atoms with Crippen molar-refractivity contribution in [1.29, 1.82) is 0 Å². The smallest absolute Gasteiger partial charge is 0.262 e. The minimum absolute atomic E-state index is 0.145. The lowest BCUT2D eigenvalue weighted by Crippen LogP contribution is -2.26. The molecule has 0 unspecified atom stereocenters. The molecule has 0 saturated heterocycles. The van der Waals surface area contributed by atoms with Crippen molar-refractivity contribution in [2.24, 2.45) is 0 Å². The second kappa shape index (κ2) is 9.83. The number of halogens is 1. The first-order valence-electron chi connectivity index (χ1n) is 9.86. The number of furan rings is 1. The third-order valence-electron chi connectivity index (χ3n) is 4.56. The Morgan fingerprint density at radius 1 is 1.06 bits per heavy atom. The largest absolute Gasteiger partial charge is 0.483 e. The van der Waals surface area contributed by atoms with E-state index in [1.807, 2.05) is 18.2 Å². The first-order chi connectivity index (χ1) is 14.7. The Hall–Kier alpha value is -3.06. The van der Waals surface area contributed by atoms with Crippen LogP contribution in [0.4, 0.5) is 5.69 Å². The third-order valence-corrected chi connectivity index (χ3v) is 5.05. The van der Waals surface area contributed by atoms with Crippen molar-refractivity contribution in [2.45, 2.75) is 32.7 Å². The Morgan fingerprint density at radius 3 is 2.55 bits per heavy atom. The van der Waals surface area contributed by atoms with Crippen LogP contribution in [0.5, 0.6) is 5.75 Å². The molecule has 0 radical (unpaired) electrons. The Balaban J connectivity index is 1.65. The Kier molecular flexibility index (Phi) is 7.17. The highest BCUT2D eigenvalue weighted by atomic mass is 79.9. The fraction of sp³-hybridized carbons (Fsp3) is 0.250. The predicted molar refractivity (Wildman–Crippen MR) is 123 cm³/mol. The van der Waals surface area contributed by atoms with Gasteiger partial charge in [0, 0.05) is 10.0 Å². The van der Waals surface area contributed by atoms with Crippen molar-refractivity contribution in [3.63, 3.8) is 0 Å². The number of amides is 2. The lowest BCUT2D eigenvalue weighted by Gasteiger charge is -2.23. The minimum atomic E-state index is -0.353. The summed E-state index contributed by atoms with van der Waals surface area (Å²) in [6, 6.07) is 16.1. The molecule has 0 aliphatic carbocycles. The number of nitrogens with one attached hydrogen (secondary N) is 2. The molecule has 0 bridgehead atoms. The molecule has 0 aliphatic rings. The molecule has 6 nitrogen and oxygen atoms in total. The van der Waals surface area contributed by atoms with Gasteiger partial charge in [-0.3, -0.25) is 9.59 Å². The predicted octanol–water partition coefficient (Wildman–Crippen LogP) is 5.29. The summed E-state index contributed by atoms with van der Waals surface area (Å²) in [6.45, 7) is 6.33. The van der Waals surface area contributed by atoms with Crippen LogP contribution in [0, 0.1) is 0 Å². The normalized spacial score (nSPS) is 11.1. The second-order valence-electron chi connectivity index (χ2n) is 8.03. The molecular weight excluding hydrogens is 460 g/mol. The summed E-state index contributed by atoms with van der Waals surface area (Å²) >= 11 is 3.48. The lowest BCUT2D eigenvalue weighted by molar-refractivity contribution is -0.118. The summed E-state index contributed by atoms with van der Waals surface area (Å²) in [5.41, 5.74) is 1.63. The molecule has 3 rings (SSSR count). The zero-order chi connectivity index (χ0) is 22.4. The van der Waals surface area contributed by atoms with Crippen molar-refractivity contribution in [3.05, 3.63) is 82.2 Å². The molecular formula is C24H25BrN2O4. The highest BCUT2D eigenvalue weighted by Gasteiger charge is 2.20. The average molecular weight is 485 g/mol. The molecule has 1 heterocycles. The number of anilines is 1. The minimum Gasteiger partial charge on any atom is -0.483 e. The van der Waals surface area contributed by atoms with Gasteiger partial charge in [0.15, 0.2) is 6.61 Å². The van der Waals surface area contributed by atoms with E-state index in [0.717, 1.165) is 10.0 Å². The van der Waals surface area contributed by atoms with E-state index in [1.165, 1.54) is 0 Å². The molecule has 162 valence electrons. The maximum atomic E-state index is 12.6. The lowest BCUT2D eigenvalue weighted by atomic mass is 9.86. The molecule has 1 aromatic heterocycles. The van der Waals surface area contributed by atoms with Gasteiger partial charge >= 0.3 is 0 Å². The van der Waals surface area contributed by atoms with Crippen LogP contribution < -0.4 is 15.4 Å². The van der Waals surface area contributed by atoms with E-state index < -0.39 is 0 Å². The summed E-state index contributed by atoms with van der Waals surface area (Å²) in [5, 5.41) is 5.55. The summed E-state index contributed by atoms with van der Waals surface area (Å²) in [4.78, 5) is 25.1. The first-order valence-corrected chi connectivity index (χ1v) is 10.7. The van der Waals surface area contributed by atoms with E-state index in [2.05, 4.69) is 47.3 Å².